The molecule has 0 aliphatic heterocycles. The summed E-state index contributed by atoms with van der Waals surface area (Å²) < 4.78 is 0. The molecule has 3 amide bonds. The molecule has 0 radical (unpaired) electrons. The Kier molecular flexibility index (Phi) is 6.19. The molecule has 0 saturated heterocycles. The Morgan fingerprint density at radius 2 is 1.90 bits per heavy atom. The highest BCUT2D eigenvalue weighted by atomic mass is 16.4. The van der Waals surface area contributed by atoms with Gasteiger partial charge < -0.3 is 20.6 Å². The SMILES string of the molecule is CCNC(=O)CN(C)C(=O)Nc1ccccc1CC(=O)O. The van der Waals surface area contributed by atoms with Crippen LogP contribution in [0.15, 0.2) is 24.3 Å². The summed E-state index contributed by atoms with van der Waals surface area (Å²) in [5.41, 5.74) is 0.928. The zero-order valence-corrected chi connectivity index (χ0v) is 12.0. The molecule has 0 heterocycles. The Morgan fingerprint density at radius 1 is 1.24 bits per heavy atom. The number of para-hydroxylation sites is 1. The Labute approximate surface area is 122 Å². The van der Waals surface area contributed by atoms with Gasteiger partial charge in [-0.05, 0) is 18.6 Å². The Balaban J connectivity index is 2.70. The van der Waals surface area contributed by atoms with Crippen LogP contribution in [0.5, 0.6) is 0 Å². The first kappa shape index (κ1) is 16.5. The van der Waals surface area contributed by atoms with E-state index >= 15 is 0 Å². The second-order valence-corrected chi connectivity index (χ2v) is 4.47. The van der Waals surface area contributed by atoms with Crippen LogP contribution in [-0.2, 0) is 16.0 Å². The number of aliphatic carboxylic acids is 1. The molecule has 0 fully saturated rings. The van der Waals surface area contributed by atoms with Gasteiger partial charge in [0.2, 0.25) is 5.91 Å². The molecule has 0 aliphatic rings. The van der Waals surface area contributed by atoms with Crippen molar-refractivity contribution in [1.29, 1.82) is 0 Å². The molecule has 0 unspecified atom stereocenters. The fourth-order valence-electron chi connectivity index (χ4n) is 1.71. The molecule has 0 saturated carbocycles. The summed E-state index contributed by atoms with van der Waals surface area (Å²) in [4.78, 5) is 35.4. The minimum atomic E-state index is -0.979. The minimum Gasteiger partial charge on any atom is -0.481 e. The Hall–Kier alpha value is -2.57. The van der Waals surface area contributed by atoms with Crippen LogP contribution >= 0.6 is 0 Å². The molecule has 0 bridgehead atoms. The normalized spacial score (nSPS) is 9.81. The van der Waals surface area contributed by atoms with Crippen molar-refractivity contribution in [2.45, 2.75) is 13.3 Å². The molecular weight excluding hydrogens is 274 g/mol. The maximum absolute atomic E-state index is 12.0. The molecule has 0 atom stereocenters. The predicted octanol–water partition coefficient (Wildman–Crippen LogP) is 0.913. The van der Waals surface area contributed by atoms with Gasteiger partial charge in [-0.3, -0.25) is 9.59 Å². The van der Waals surface area contributed by atoms with Crippen LogP contribution in [0, 0.1) is 0 Å². The van der Waals surface area contributed by atoms with Crippen molar-refractivity contribution < 1.29 is 19.5 Å². The third-order valence-corrected chi connectivity index (χ3v) is 2.70. The summed E-state index contributed by atoms with van der Waals surface area (Å²) in [6.07, 6.45) is -0.184. The maximum Gasteiger partial charge on any atom is 0.322 e. The zero-order chi connectivity index (χ0) is 15.8. The molecule has 0 spiro atoms. The number of likely N-dealkylation sites (N-methyl/N-ethyl adjacent to an activating group) is 2. The lowest BCUT2D eigenvalue weighted by Crippen LogP contribution is -2.40. The molecular formula is C14H19N3O4. The number of nitrogens with zero attached hydrogens (tertiary/aromatic N) is 1. The summed E-state index contributed by atoms with van der Waals surface area (Å²) >= 11 is 0. The molecule has 114 valence electrons. The Morgan fingerprint density at radius 3 is 2.52 bits per heavy atom. The molecule has 1 aromatic rings. The van der Waals surface area contributed by atoms with E-state index in [-0.39, 0.29) is 18.9 Å². The number of hydrogen-bond donors (Lipinski definition) is 3. The summed E-state index contributed by atoms with van der Waals surface area (Å²) in [7, 11) is 1.49. The number of benzene rings is 1. The number of rotatable bonds is 6. The van der Waals surface area contributed by atoms with Crippen molar-refractivity contribution in [3.05, 3.63) is 29.8 Å². The first-order chi connectivity index (χ1) is 9.93. The molecule has 1 rings (SSSR count). The van der Waals surface area contributed by atoms with Crippen molar-refractivity contribution in [1.82, 2.24) is 10.2 Å². The molecule has 7 nitrogen and oxygen atoms in total. The van der Waals surface area contributed by atoms with Gasteiger partial charge in [0.25, 0.3) is 0 Å². The van der Waals surface area contributed by atoms with E-state index in [0.717, 1.165) is 0 Å². The van der Waals surface area contributed by atoms with Crippen LogP contribution in [0.4, 0.5) is 10.5 Å². The van der Waals surface area contributed by atoms with Crippen LogP contribution in [0.1, 0.15) is 12.5 Å². The summed E-state index contributed by atoms with van der Waals surface area (Å²) in [5.74, 6) is -1.23. The first-order valence-electron chi connectivity index (χ1n) is 6.52. The van der Waals surface area contributed by atoms with Gasteiger partial charge >= 0.3 is 12.0 Å². The van der Waals surface area contributed by atoms with Gasteiger partial charge in [-0.15, -0.1) is 0 Å². The summed E-state index contributed by atoms with van der Waals surface area (Å²) in [6.45, 7) is 2.22. The fraction of sp³-hybridized carbons (Fsp3) is 0.357. The smallest absolute Gasteiger partial charge is 0.322 e. The number of carbonyl (C=O) groups excluding carboxylic acids is 2. The molecule has 21 heavy (non-hydrogen) atoms. The van der Waals surface area contributed by atoms with E-state index in [1.165, 1.54) is 11.9 Å². The van der Waals surface area contributed by atoms with Crippen molar-refractivity contribution in [3.8, 4) is 0 Å². The van der Waals surface area contributed by atoms with Crippen molar-refractivity contribution in [2.75, 3.05) is 25.5 Å². The Bertz CT molecular complexity index is 531. The van der Waals surface area contributed by atoms with E-state index < -0.39 is 12.0 Å². The van der Waals surface area contributed by atoms with Gasteiger partial charge in [-0.2, -0.15) is 0 Å². The first-order valence-corrected chi connectivity index (χ1v) is 6.52. The maximum atomic E-state index is 12.0. The number of carboxylic acid groups (broad SMARTS) is 1. The van der Waals surface area contributed by atoms with Gasteiger partial charge in [0.15, 0.2) is 0 Å². The standard InChI is InChI=1S/C14H19N3O4/c1-3-15-12(18)9-17(2)14(21)16-11-7-5-4-6-10(11)8-13(19)20/h4-7H,3,8-9H2,1-2H3,(H,15,18)(H,16,21)(H,19,20). The average Bonchev–Trinajstić information content (AvgIpc) is 2.40. The van der Waals surface area contributed by atoms with E-state index in [9.17, 15) is 14.4 Å². The second kappa shape index (κ2) is 7.88. The molecule has 7 heteroatoms. The zero-order valence-electron chi connectivity index (χ0n) is 12.0. The minimum absolute atomic E-state index is 0.0687. The number of anilines is 1. The topological polar surface area (TPSA) is 98.7 Å². The van der Waals surface area contributed by atoms with Gasteiger partial charge in [0.1, 0.15) is 6.54 Å². The van der Waals surface area contributed by atoms with Gasteiger partial charge in [-0.1, -0.05) is 18.2 Å². The molecule has 3 N–H and O–H groups in total. The number of carbonyl (C=O) groups is 3. The van der Waals surface area contributed by atoms with Crippen LogP contribution in [-0.4, -0.2) is 48.1 Å². The quantitative estimate of drug-likeness (QED) is 0.726. The van der Waals surface area contributed by atoms with Gasteiger partial charge in [0, 0.05) is 19.3 Å². The third-order valence-electron chi connectivity index (χ3n) is 2.70. The molecule has 1 aromatic carbocycles. The van der Waals surface area contributed by atoms with E-state index in [0.29, 0.717) is 17.8 Å². The van der Waals surface area contributed by atoms with Crippen LogP contribution in [0.3, 0.4) is 0 Å². The van der Waals surface area contributed by atoms with Gasteiger partial charge in [-0.25, -0.2) is 4.79 Å². The number of carboxylic acids is 1. The van der Waals surface area contributed by atoms with Gasteiger partial charge in [0.05, 0.1) is 6.42 Å². The third kappa shape index (κ3) is 5.52. The lowest BCUT2D eigenvalue weighted by molar-refractivity contribution is -0.136. The van der Waals surface area contributed by atoms with E-state index in [1.807, 2.05) is 0 Å². The number of hydrogen-bond acceptors (Lipinski definition) is 3. The summed E-state index contributed by atoms with van der Waals surface area (Å²) in [6, 6.07) is 6.18. The molecule has 0 aliphatic carbocycles. The lowest BCUT2D eigenvalue weighted by atomic mass is 10.1. The highest BCUT2D eigenvalue weighted by Gasteiger charge is 2.14. The van der Waals surface area contributed by atoms with E-state index in [4.69, 9.17) is 5.11 Å². The number of urea groups is 1. The predicted molar refractivity (Wildman–Crippen MR) is 78.1 cm³/mol. The largest absolute Gasteiger partial charge is 0.481 e. The monoisotopic (exact) mass is 293 g/mol. The fourth-order valence-corrected chi connectivity index (χ4v) is 1.71. The van der Waals surface area contributed by atoms with Crippen molar-refractivity contribution in [2.24, 2.45) is 0 Å². The lowest BCUT2D eigenvalue weighted by Gasteiger charge is -2.18. The van der Waals surface area contributed by atoms with Crippen LogP contribution in [0.25, 0.3) is 0 Å². The number of nitrogens with one attached hydrogen (secondary N) is 2. The van der Waals surface area contributed by atoms with Crippen molar-refractivity contribution >= 4 is 23.6 Å². The van der Waals surface area contributed by atoms with Crippen LogP contribution < -0.4 is 10.6 Å². The summed E-state index contributed by atoms with van der Waals surface area (Å²) in [5, 5.41) is 14.0. The number of amides is 3. The van der Waals surface area contributed by atoms with E-state index in [1.54, 1.807) is 31.2 Å². The highest BCUT2D eigenvalue weighted by Crippen LogP contribution is 2.16. The van der Waals surface area contributed by atoms with Crippen LogP contribution in [0.2, 0.25) is 0 Å². The highest BCUT2D eigenvalue weighted by molar-refractivity contribution is 5.93. The van der Waals surface area contributed by atoms with Crippen molar-refractivity contribution in [3.63, 3.8) is 0 Å². The average molecular weight is 293 g/mol. The van der Waals surface area contributed by atoms with E-state index in [2.05, 4.69) is 10.6 Å². The molecule has 0 aromatic heterocycles. The second-order valence-electron chi connectivity index (χ2n) is 4.47.